The molecule has 11 heteroatoms. The average Bonchev–Trinajstić information content (AvgIpc) is 3.12. The minimum Gasteiger partial charge on any atom is -0.494 e. The van der Waals surface area contributed by atoms with Crippen LogP contribution >= 0.6 is 0 Å². The van der Waals surface area contributed by atoms with Gasteiger partial charge in [0.15, 0.2) is 17.2 Å². The van der Waals surface area contributed by atoms with E-state index in [1.165, 1.54) is 19.2 Å². The third kappa shape index (κ3) is 3.95. The van der Waals surface area contributed by atoms with Crippen LogP contribution in [-0.2, 0) is 12.7 Å². The molecule has 1 fully saturated rings. The Kier molecular flexibility index (Phi) is 4.99. The molecule has 0 N–H and O–H groups in total. The fourth-order valence-corrected chi connectivity index (χ4v) is 3.33. The van der Waals surface area contributed by atoms with Gasteiger partial charge in [-0.25, -0.2) is 4.39 Å². The van der Waals surface area contributed by atoms with E-state index in [2.05, 4.69) is 20.2 Å². The number of benzene rings is 1. The summed E-state index contributed by atoms with van der Waals surface area (Å²) >= 11 is 0. The van der Waals surface area contributed by atoms with Crippen molar-refractivity contribution in [1.82, 2.24) is 24.7 Å². The molecule has 1 aliphatic heterocycles. The Morgan fingerprint density at radius 3 is 2.45 bits per heavy atom. The number of alkyl halides is 3. The fraction of sp³-hybridized carbons (Fsp3) is 0.389. The summed E-state index contributed by atoms with van der Waals surface area (Å²) in [6.07, 6.45) is -4.63. The van der Waals surface area contributed by atoms with Crippen LogP contribution in [0, 0.1) is 5.82 Å². The number of halogens is 4. The first-order valence-electron chi connectivity index (χ1n) is 8.94. The average molecular weight is 410 g/mol. The topological polar surface area (TPSA) is 58.8 Å². The number of ether oxygens (including phenoxy) is 1. The maximum absolute atomic E-state index is 13.9. The second-order valence-corrected chi connectivity index (χ2v) is 6.71. The number of methoxy groups -OCH3 is 1. The molecule has 7 nitrogen and oxygen atoms in total. The van der Waals surface area contributed by atoms with Gasteiger partial charge in [-0.05, 0) is 29.8 Å². The lowest BCUT2D eigenvalue weighted by Gasteiger charge is -2.35. The molecule has 29 heavy (non-hydrogen) atoms. The molecule has 1 aliphatic rings. The molecule has 0 amide bonds. The van der Waals surface area contributed by atoms with E-state index in [-0.39, 0.29) is 11.4 Å². The second kappa shape index (κ2) is 7.47. The van der Waals surface area contributed by atoms with E-state index in [0.717, 1.165) is 10.1 Å². The summed E-state index contributed by atoms with van der Waals surface area (Å²) in [6, 6.07) is 7.97. The first-order valence-corrected chi connectivity index (χ1v) is 8.94. The molecular formula is C18H18F4N6O. The van der Waals surface area contributed by atoms with Crippen molar-refractivity contribution in [2.24, 2.45) is 0 Å². The van der Waals surface area contributed by atoms with Crippen LogP contribution in [0.2, 0.25) is 0 Å². The Hall–Kier alpha value is -2.95. The van der Waals surface area contributed by atoms with Crippen molar-refractivity contribution in [2.75, 3.05) is 38.2 Å². The normalized spacial score (nSPS) is 15.8. The molecule has 2 aromatic heterocycles. The summed E-state index contributed by atoms with van der Waals surface area (Å²) in [5, 5.41) is 10.8. The van der Waals surface area contributed by atoms with Crippen molar-refractivity contribution in [3.05, 3.63) is 47.5 Å². The minimum atomic E-state index is -4.63. The smallest absolute Gasteiger partial charge is 0.453 e. The van der Waals surface area contributed by atoms with Crippen LogP contribution in [-0.4, -0.2) is 58.0 Å². The molecule has 0 unspecified atom stereocenters. The first kappa shape index (κ1) is 19.4. The SMILES string of the molecule is COc1ccc(CN2CCN(c3ccc4nnc(C(F)(F)F)n4n3)CC2)cc1F. The van der Waals surface area contributed by atoms with Crippen molar-refractivity contribution in [3.63, 3.8) is 0 Å². The van der Waals surface area contributed by atoms with Gasteiger partial charge in [-0.3, -0.25) is 4.90 Å². The Bertz CT molecular complexity index is 1010. The molecule has 154 valence electrons. The Labute approximate surface area is 163 Å². The van der Waals surface area contributed by atoms with Gasteiger partial charge in [0.2, 0.25) is 0 Å². The molecule has 0 aliphatic carbocycles. The van der Waals surface area contributed by atoms with E-state index >= 15 is 0 Å². The summed E-state index contributed by atoms with van der Waals surface area (Å²) in [4.78, 5) is 4.06. The van der Waals surface area contributed by atoms with E-state index in [0.29, 0.717) is 38.5 Å². The van der Waals surface area contributed by atoms with Gasteiger partial charge in [0, 0.05) is 32.7 Å². The third-order valence-corrected chi connectivity index (χ3v) is 4.82. The van der Waals surface area contributed by atoms with Crippen LogP contribution in [0.15, 0.2) is 30.3 Å². The molecule has 0 atom stereocenters. The van der Waals surface area contributed by atoms with Crippen molar-refractivity contribution in [1.29, 1.82) is 0 Å². The van der Waals surface area contributed by atoms with Crippen molar-refractivity contribution < 1.29 is 22.3 Å². The fourth-order valence-electron chi connectivity index (χ4n) is 3.33. The number of anilines is 1. The lowest BCUT2D eigenvalue weighted by Crippen LogP contribution is -2.46. The summed E-state index contributed by atoms with van der Waals surface area (Å²) in [7, 11) is 1.42. The van der Waals surface area contributed by atoms with Gasteiger partial charge in [0.25, 0.3) is 5.82 Å². The monoisotopic (exact) mass is 410 g/mol. The number of fused-ring (bicyclic) bond motifs is 1. The van der Waals surface area contributed by atoms with Crippen LogP contribution in [0.3, 0.4) is 0 Å². The van der Waals surface area contributed by atoms with Crippen LogP contribution < -0.4 is 9.64 Å². The molecule has 1 saturated heterocycles. The van der Waals surface area contributed by atoms with Gasteiger partial charge in [-0.15, -0.1) is 15.3 Å². The highest BCUT2D eigenvalue weighted by Gasteiger charge is 2.37. The van der Waals surface area contributed by atoms with Gasteiger partial charge in [0.05, 0.1) is 7.11 Å². The quantitative estimate of drug-likeness (QED) is 0.617. The van der Waals surface area contributed by atoms with E-state index in [1.54, 1.807) is 12.1 Å². The second-order valence-electron chi connectivity index (χ2n) is 6.71. The molecular weight excluding hydrogens is 392 g/mol. The van der Waals surface area contributed by atoms with Gasteiger partial charge >= 0.3 is 6.18 Å². The van der Waals surface area contributed by atoms with Crippen LogP contribution in [0.1, 0.15) is 11.4 Å². The maximum Gasteiger partial charge on any atom is 0.453 e. The number of aromatic nitrogens is 4. The zero-order chi connectivity index (χ0) is 20.6. The summed E-state index contributed by atoms with van der Waals surface area (Å²) < 4.78 is 58.6. The van der Waals surface area contributed by atoms with Gasteiger partial charge < -0.3 is 9.64 Å². The van der Waals surface area contributed by atoms with E-state index in [4.69, 9.17) is 4.74 Å². The van der Waals surface area contributed by atoms with Gasteiger partial charge in [0.1, 0.15) is 5.82 Å². The summed E-state index contributed by atoms with van der Waals surface area (Å²) in [6.45, 7) is 3.08. The minimum absolute atomic E-state index is 0.0428. The summed E-state index contributed by atoms with van der Waals surface area (Å²) in [5.41, 5.74) is 0.872. The molecule has 0 saturated carbocycles. The molecule has 0 radical (unpaired) electrons. The third-order valence-electron chi connectivity index (χ3n) is 4.82. The number of hydrogen-bond donors (Lipinski definition) is 0. The number of rotatable bonds is 4. The highest BCUT2D eigenvalue weighted by Crippen LogP contribution is 2.28. The lowest BCUT2D eigenvalue weighted by molar-refractivity contribution is -0.146. The molecule has 3 aromatic rings. The maximum atomic E-state index is 13.9. The molecule has 0 spiro atoms. The molecule has 0 bridgehead atoms. The molecule has 4 rings (SSSR count). The number of hydrogen-bond acceptors (Lipinski definition) is 6. The predicted octanol–water partition coefficient (Wildman–Crippen LogP) is 2.61. The van der Waals surface area contributed by atoms with E-state index < -0.39 is 17.8 Å². The van der Waals surface area contributed by atoms with Crippen LogP contribution in [0.5, 0.6) is 5.75 Å². The van der Waals surface area contributed by atoms with Crippen LogP contribution in [0.4, 0.5) is 23.4 Å². The van der Waals surface area contributed by atoms with Crippen molar-refractivity contribution >= 4 is 11.5 Å². The zero-order valence-corrected chi connectivity index (χ0v) is 15.5. The molecule has 3 heterocycles. The number of piperazine rings is 1. The van der Waals surface area contributed by atoms with Gasteiger partial charge in [-0.1, -0.05) is 6.07 Å². The first-order chi connectivity index (χ1) is 13.8. The predicted molar refractivity (Wildman–Crippen MR) is 96.2 cm³/mol. The standard InChI is InChI=1S/C18H18F4N6O/c1-29-14-3-2-12(10-13(14)19)11-26-6-8-27(9-7-26)16-5-4-15-23-24-17(18(20,21)22)28(15)25-16/h2-5,10H,6-9,11H2,1H3. The Balaban J connectivity index is 1.43. The molecule has 1 aromatic carbocycles. The van der Waals surface area contributed by atoms with E-state index in [1.807, 2.05) is 11.0 Å². The number of nitrogens with zero attached hydrogens (tertiary/aromatic N) is 6. The zero-order valence-electron chi connectivity index (χ0n) is 15.5. The van der Waals surface area contributed by atoms with E-state index in [9.17, 15) is 17.6 Å². The van der Waals surface area contributed by atoms with Gasteiger partial charge in [-0.2, -0.15) is 17.7 Å². The van der Waals surface area contributed by atoms with Crippen molar-refractivity contribution in [2.45, 2.75) is 12.7 Å². The lowest BCUT2D eigenvalue weighted by atomic mass is 10.2. The highest BCUT2D eigenvalue weighted by atomic mass is 19.4. The Morgan fingerprint density at radius 1 is 1.03 bits per heavy atom. The van der Waals surface area contributed by atoms with Crippen molar-refractivity contribution in [3.8, 4) is 5.75 Å². The largest absolute Gasteiger partial charge is 0.494 e. The Morgan fingerprint density at radius 2 is 1.79 bits per heavy atom. The summed E-state index contributed by atoms with van der Waals surface area (Å²) in [5.74, 6) is -0.921. The van der Waals surface area contributed by atoms with Crippen LogP contribution in [0.25, 0.3) is 5.65 Å². The highest BCUT2D eigenvalue weighted by molar-refractivity contribution is 5.46.